The van der Waals surface area contributed by atoms with Crippen molar-refractivity contribution in [3.05, 3.63) is 59.2 Å². The summed E-state index contributed by atoms with van der Waals surface area (Å²) >= 11 is 6.08. The van der Waals surface area contributed by atoms with Crippen LogP contribution < -0.4 is 15.4 Å². The summed E-state index contributed by atoms with van der Waals surface area (Å²) in [6.45, 7) is 0.481. The topological polar surface area (TPSA) is 113 Å². The highest BCUT2D eigenvalue weighted by atomic mass is 35.5. The highest BCUT2D eigenvalue weighted by Gasteiger charge is 2.24. The van der Waals surface area contributed by atoms with E-state index in [0.717, 1.165) is 18.4 Å². The predicted octanol–water partition coefficient (Wildman–Crippen LogP) is 3.72. The lowest BCUT2D eigenvalue weighted by Crippen LogP contribution is -2.25. The molecule has 32 heavy (non-hydrogen) atoms. The maximum atomic E-state index is 12.4. The van der Waals surface area contributed by atoms with Crippen LogP contribution in [0.3, 0.4) is 0 Å². The van der Waals surface area contributed by atoms with Crippen LogP contribution in [0.4, 0.5) is 17.3 Å². The van der Waals surface area contributed by atoms with Crippen LogP contribution in [0.2, 0.25) is 5.02 Å². The molecule has 3 aromatic rings. The minimum absolute atomic E-state index is 0.155. The summed E-state index contributed by atoms with van der Waals surface area (Å²) in [6, 6.07) is 11.7. The van der Waals surface area contributed by atoms with Crippen molar-refractivity contribution in [2.75, 3.05) is 17.2 Å². The zero-order chi connectivity index (χ0) is 22.3. The Balaban J connectivity index is 1.39. The molecule has 1 saturated carbocycles. The summed E-state index contributed by atoms with van der Waals surface area (Å²) in [7, 11) is -3.52. The molecule has 164 valence electrons. The van der Waals surface area contributed by atoms with Gasteiger partial charge in [0.05, 0.1) is 22.7 Å². The van der Waals surface area contributed by atoms with E-state index in [-0.39, 0.29) is 17.2 Å². The lowest BCUT2D eigenvalue weighted by Gasteiger charge is -2.11. The maximum absolute atomic E-state index is 12.4. The monoisotopic (exact) mass is 469 g/mol. The molecule has 1 aliphatic heterocycles. The van der Waals surface area contributed by atoms with Crippen LogP contribution in [0.25, 0.3) is 11.3 Å². The van der Waals surface area contributed by atoms with E-state index in [1.165, 1.54) is 0 Å². The van der Waals surface area contributed by atoms with Crippen molar-refractivity contribution in [2.45, 2.75) is 24.2 Å². The molecule has 0 radical (unpaired) electrons. The molecule has 8 nitrogen and oxygen atoms in total. The van der Waals surface area contributed by atoms with Crippen molar-refractivity contribution in [3.8, 4) is 11.3 Å². The fourth-order valence-electron chi connectivity index (χ4n) is 3.50. The van der Waals surface area contributed by atoms with Crippen molar-refractivity contribution in [1.29, 1.82) is 0 Å². The van der Waals surface area contributed by atoms with Crippen LogP contribution >= 0.6 is 11.6 Å². The molecule has 0 spiro atoms. The maximum Gasteiger partial charge on any atom is 0.240 e. The van der Waals surface area contributed by atoms with E-state index in [4.69, 9.17) is 11.6 Å². The van der Waals surface area contributed by atoms with Gasteiger partial charge in [-0.2, -0.15) is 0 Å². The van der Waals surface area contributed by atoms with E-state index in [9.17, 15) is 13.2 Å². The number of rotatable bonds is 6. The van der Waals surface area contributed by atoms with Gasteiger partial charge in [-0.15, -0.1) is 0 Å². The molecule has 1 fully saturated rings. The van der Waals surface area contributed by atoms with Gasteiger partial charge < -0.3 is 10.6 Å². The molecule has 1 amide bonds. The second kappa shape index (κ2) is 8.16. The molecule has 0 saturated heterocycles. The number of carbonyl (C=O) groups excluding carboxylic acids is 1. The average molecular weight is 470 g/mol. The molecule has 0 bridgehead atoms. The molecule has 3 N–H and O–H groups in total. The van der Waals surface area contributed by atoms with Gasteiger partial charge in [-0.05, 0) is 61.2 Å². The third kappa shape index (κ3) is 4.45. The van der Waals surface area contributed by atoms with Gasteiger partial charge in [0.25, 0.3) is 0 Å². The van der Waals surface area contributed by atoms with Gasteiger partial charge >= 0.3 is 0 Å². The molecule has 2 heterocycles. The Bertz CT molecular complexity index is 1310. The molecule has 5 rings (SSSR count). The Labute approximate surface area is 190 Å². The molecule has 0 unspecified atom stereocenters. The number of aromatic nitrogens is 2. The third-order valence-corrected chi connectivity index (χ3v) is 7.08. The number of benzene rings is 2. The summed E-state index contributed by atoms with van der Waals surface area (Å²) < 4.78 is 27.4. The first-order chi connectivity index (χ1) is 15.4. The lowest BCUT2D eigenvalue weighted by atomic mass is 10.1. The van der Waals surface area contributed by atoms with Gasteiger partial charge in [0.15, 0.2) is 0 Å². The van der Waals surface area contributed by atoms with E-state index in [2.05, 4.69) is 25.3 Å². The summed E-state index contributed by atoms with van der Waals surface area (Å²) in [5.41, 5.74) is 3.33. The van der Waals surface area contributed by atoms with Crippen LogP contribution in [-0.2, 0) is 21.2 Å². The van der Waals surface area contributed by atoms with Crippen molar-refractivity contribution >= 4 is 44.9 Å². The highest BCUT2D eigenvalue weighted by molar-refractivity contribution is 7.89. The first kappa shape index (κ1) is 20.9. The number of halogens is 1. The zero-order valence-electron chi connectivity index (χ0n) is 16.9. The molecule has 1 aliphatic carbocycles. The number of sulfonamides is 1. The summed E-state index contributed by atoms with van der Waals surface area (Å²) in [6.07, 6.45) is 3.93. The minimum Gasteiger partial charge on any atom is -0.325 e. The highest BCUT2D eigenvalue weighted by Crippen LogP contribution is 2.35. The summed E-state index contributed by atoms with van der Waals surface area (Å²) in [5, 5.41) is 6.46. The second-order valence-electron chi connectivity index (χ2n) is 7.93. The molecule has 0 atom stereocenters. The van der Waals surface area contributed by atoms with E-state index in [0.29, 0.717) is 46.1 Å². The van der Waals surface area contributed by atoms with Gasteiger partial charge in [-0.25, -0.2) is 23.1 Å². The lowest BCUT2D eigenvalue weighted by molar-refractivity contribution is -0.115. The van der Waals surface area contributed by atoms with Gasteiger partial charge in [-0.1, -0.05) is 11.6 Å². The quantitative estimate of drug-likeness (QED) is 0.507. The van der Waals surface area contributed by atoms with Crippen molar-refractivity contribution in [2.24, 2.45) is 5.92 Å². The number of fused-ring (bicyclic) bond motifs is 3. The molecule has 2 aliphatic rings. The summed E-state index contributed by atoms with van der Waals surface area (Å²) in [5.74, 6) is 0.632. The number of nitrogens with zero attached hydrogens (tertiary/aromatic N) is 2. The first-order valence-corrected chi connectivity index (χ1v) is 12.1. The molecule has 2 aromatic carbocycles. The van der Waals surface area contributed by atoms with Crippen molar-refractivity contribution in [3.63, 3.8) is 0 Å². The second-order valence-corrected chi connectivity index (χ2v) is 10.1. The number of hydrogen-bond donors (Lipinski definition) is 3. The SMILES string of the molecule is O=C1Cc2cnc(Nc3ccc(S(=O)(=O)NCC4CC4)cc3)nc2-c2ccc(Cl)cc2N1. The van der Waals surface area contributed by atoms with Crippen LogP contribution in [-0.4, -0.2) is 30.8 Å². The number of hydrogen-bond acceptors (Lipinski definition) is 6. The van der Waals surface area contributed by atoms with E-state index in [1.54, 1.807) is 42.6 Å². The number of amides is 1. The van der Waals surface area contributed by atoms with Gasteiger partial charge in [0.1, 0.15) is 0 Å². The summed E-state index contributed by atoms with van der Waals surface area (Å²) in [4.78, 5) is 21.4. The Morgan fingerprint density at radius 3 is 2.66 bits per heavy atom. The number of carbonyl (C=O) groups is 1. The smallest absolute Gasteiger partial charge is 0.240 e. The Morgan fingerprint density at radius 1 is 1.12 bits per heavy atom. The van der Waals surface area contributed by atoms with Crippen LogP contribution in [0.5, 0.6) is 0 Å². The van der Waals surface area contributed by atoms with E-state index >= 15 is 0 Å². The normalized spacial score (nSPS) is 15.3. The standard InChI is InChI=1S/C22H20ClN5O3S/c23-15-3-8-18-19(10-15)27-20(29)9-14-12-24-22(28-21(14)18)26-16-4-6-17(7-5-16)32(30,31)25-11-13-1-2-13/h3-8,10,12-13,25H,1-2,9,11H2,(H,27,29)(H,24,26,28). The fourth-order valence-corrected chi connectivity index (χ4v) is 4.79. The average Bonchev–Trinajstić information content (AvgIpc) is 3.59. The van der Waals surface area contributed by atoms with Crippen LogP contribution in [0.15, 0.2) is 53.6 Å². The Morgan fingerprint density at radius 2 is 1.91 bits per heavy atom. The fraction of sp³-hybridized carbons (Fsp3) is 0.227. The Kier molecular flexibility index (Phi) is 5.32. The molecular formula is C22H20ClN5O3S. The number of anilines is 3. The van der Waals surface area contributed by atoms with Crippen LogP contribution in [0, 0.1) is 5.92 Å². The minimum atomic E-state index is -3.52. The first-order valence-electron chi connectivity index (χ1n) is 10.2. The number of nitrogens with one attached hydrogen (secondary N) is 3. The van der Waals surface area contributed by atoms with Crippen molar-refractivity contribution < 1.29 is 13.2 Å². The largest absolute Gasteiger partial charge is 0.325 e. The van der Waals surface area contributed by atoms with Gasteiger partial charge in [-0.3, -0.25) is 4.79 Å². The zero-order valence-corrected chi connectivity index (χ0v) is 18.5. The van der Waals surface area contributed by atoms with E-state index < -0.39 is 10.0 Å². The van der Waals surface area contributed by atoms with Gasteiger partial charge in [0.2, 0.25) is 21.9 Å². The Hall–Kier alpha value is -3.01. The molecular weight excluding hydrogens is 450 g/mol. The van der Waals surface area contributed by atoms with Gasteiger partial charge in [0, 0.05) is 34.6 Å². The molecule has 10 heteroatoms. The van der Waals surface area contributed by atoms with E-state index in [1.807, 2.05) is 6.07 Å². The van der Waals surface area contributed by atoms with Crippen molar-refractivity contribution in [1.82, 2.24) is 14.7 Å². The predicted molar refractivity (Wildman–Crippen MR) is 122 cm³/mol. The third-order valence-electron chi connectivity index (χ3n) is 5.41. The molecule has 1 aromatic heterocycles. The van der Waals surface area contributed by atoms with Crippen LogP contribution in [0.1, 0.15) is 18.4 Å².